The highest BCUT2D eigenvalue weighted by molar-refractivity contribution is 5.90. The van der Waals surface area contributed by atoms with Gasteiger partial charge in [0.1, 0.15) is 30.5 Å². The van der Waals surface area contributed by atoms with E-state index in [4.69, 9.17) is 23.7 Å². The first-order chi connectivity index (χ1) is 23.2. The Morgan fingerprint density at radius 1 is 0.319 bits per heavy atom. The lowest BCUT2D eigenvalue weighted by molar-refractivity contribution is -0.238. The molecule has 240 valence electrons. The molecule has 4 unspecified atom stereocenters. The fourth-order valence-corrected chi connectivity index (χ4v) is 5.75. The summed E-state index contributed by atoms with van der Waals surface area (Å²) in [6.45, 7) is 1.31. The molecule has 6 rings (SSSR count). The van der Waals surface area contributed by atoms with Crippen molar-refractivity contribution < 1.29 is 28.5 Å². The molecule has 0 N–H and O–H groups in total. The van der Waals surface area contributed by atoms with Gasteiger partial charge in [-0.15, -0.1) is 0 Å². The van der Waals surface area contributed by atoms with E-state index >= 15 is 0 Å². The standard InChI is InChI=1S/C41H40O6/c42-36-37(43-26-31-16-6-1-7-17-31)39(45-28-33-20-10-3-11-21-33)41(47-30-35-24-14-5-15-25-35)40(46-29-34-22-12-4-13-23-34)38(36)44-27-32-18-8-2-9-19-32/h1-25,37-41H,26-30H2. The summed E-state index contributed by atoms with van der Waals surface area (Å²) in [5, 5.41) is 0. The molecule has 5 aromatic carbocycles. The molecule has 0 amide bonds. The smallest absolute Gasteiger partial charge is 0.195 e. The third kappa shape index (κ3) is 9.10. The second kappa shape index (κ2) is 16.9. The maximum Gasteiger partial charge on any atom is 0.195 e. The predicted octanol–water partition coefficient (Wildman–Crippen LogP) is 7.50. The average Bonchev–Trinajstić information content (AvgIpc) is 3.14. The SMILES string of the molecule is O=C1C(OCc2ccccc2)C(OCc2ccccc2)C(OCc2ccccc2)C(OCc2ccccc2)C1OCc1ccccc1. The highest BCUT2D eigenvalue weighted by atomic mass is 16.6. The van der Waals surface area contributed by atoms with Crippen LogP contribution < -0.4 is 0 Å². The topological polar surface area (TPSA) is 63.2 Å². The Hall–Kier alpha value is -4.43. The van der Waals surface area contributed by atoms with Gasteiger partial charge in [0.25, 0.3) is 0 Å². The number of hydrogen-bond acceptors (Lipinski definition) is 6. The average molecular weight is 629 g/mol. The summed E-state index contributed by atoms with van der Waals surface area (Å²) in [7, 11) is 0. The van der Waals surface area contributed by atoms with Crippen LogP contribution in [-0.2, 0) is 61.5 Å². The van der Waals surface area contributed by atoms with Crippen molar-refractivity contribution in [1.82, 2.24) is 0 Å². The molecule has 1 aliphatic carbocycles. The fourth-order valence-electron chi connectivity index (χ4n) is 5.75. The normalized spacial score (nSPS) is 21.0. The first-order valence-corrected chi connectivity index (χ1v) is 16.1. The van der Waals surface area contributed by atoms with Crippen LogP contribution in [0.25, 0.3) is 0 Å². The van der Waals surface area contributed by atoms with Gasteiger partial charge in [0.05, 0.1) is 33.0 Å². The molecule has 6 heteroatoms. The van der Waals surface area contributed by atoms with Crippen molar-refractivity contribution >= 4 is 5.78 Å². The van der Waals surface area contributed by atoms with Gasteiger partial charge in [-0.25, -0.2) is 0 Å². The Kier molecular flexibility index (Phi) is 11.7. The van der Waals surface area contributed by atoms with Gasteiger partial charge < -0.3 is 23.7 Å². The third-order valence-corrected chi connectivity index (χ3v) is 8.21. The number of hydrogen-bond donors (Lipinski definition) is 0. The van der Waals surface area contributed by atoms with Gasteiger partial charge >= 0.3 is 0 Å². The van der Waals surface area contributed by atoms with Gasteiger partial charge in [-0.05, 0) is 27.8 Å². The molecule has 1 aliphatic rings. The van der Waals surface area contributed by atoms with Crippen molar-refractivity contribution in [2.24, 2.45) is 0 Å². The molecule has 0 bridgehead atoms. The summed E-state index contributed by atoms with van der Waals surface area (Å²) in [5.41, 5.74) is 4.86. The summed E-state index contributed by atoms with van der Waals surface area (Å²) in [6.07, 6.45) is -4.16. The summed E-state index contributed by atoms with van der Waals surface area (Å²) < 4.78 is 32.9. The maximum atomic E-state index is 14.6. The van der Waals surface area contributed by atoms with E-state index in [0.717, 1.165) is 27.8 Å². The molecular weight excluding hydrogens is 588 g/mol. The maximum absolute atomic E-state index is 14.6. The molecule has 47 heavy (non-hydrogen) atoms. The minimum atomic E-state index is -0.961. The molecule has 0 aromatic heterocycles. The summed E-state index contributed by atoms with van der Waals surface area (Å²) in [5.74, 6) is -0.229. The molecule has 5 aromatic rings. The second-order valence-electron chi connectivity index (χ2n) is 11.6. The van der Waals surface area contributed by atoms with E-state index in [0.29, 0.717) is 6.61 Å². The summed E-state index contributed by atoms with van der Waals surface area (Å²) in [4.78, 5) is 14.6. The van der Waals surface area contributed by atoms with E-state index in [-0.39, 0.29) is 32.2 Å². The zero-order chi connectivity index (χ0) is 32.1. The van der Waals surface area contributed by atoms with Gasteiger partial charge in [-0.3, -0.25) is 4.79 Å². The minimum Gasteiger partial charge on any atom is -0.368 e. The van der Waals surface area contributed by atoms with Crippen LogP contribution in [0.1, 0.15) is 27.8 Å². The van der Waals surface area contributed by atoms with E-state index in [1.807, 2.05) is 152 Å². The van der Waals surface area contributed by atoms with Crippen LogP contribution in [-0.4, -0.2) is 36.3 Å². The third-order valence-electron chi connectivity index (χ3n) is 8.21. The van der Waals surface area contributed by atoms with Crippen LogP contribution in [0.5, 0.6) is 0 Å². The number of Topliss-reactive ketones (excluding diaryl/α,β-unsaturated/α-hetero) is 1. The fraction of sp³-hybridized carbons (Fsp3) is 0.244. The van der Waals surface area contributed by atoms with Crippen LogP contribution in [0.15, 0.2) is 152 Å². The number of rotatable bonds is 15. The number of carbonyl (C=O) groups excluding carboxylic acids is 1. The van der Waals surface area contributed by atoms with Crippen LogP contribution in [0.3, 0.4) is 0 Å². The molecule has 0 aliphatic heterocycles. The molecule has 6 nitrogen and oxygen atoms in total. The number of ether oxygens (including phenoxy) is 5. The van der Waals surface area contributed by atoms with Crippen LogP contribution in [0.2, 0.25) is 0 Å². The van der Waals surface area contributed by atoms with Crippen molar-refractivity contribution in [3.05, 3.63) is 179 Å². The molecule has 0 spiro atoms. The van der Waals surface area contributed by atoms with Gasteiger partial charge in [0, 0.05) is 0 Å². The Bertz CT molecular complexity index is 1520. The van der Waals surface area contributed by atoms with E-state index in [1.165, 1.54) is 0 Å². The van der Waals surface area contributed by atoms with Crippen molar-refractivity contribution in [3.8, 4) is 0 Å². The Balaban J connectivity index is 1.35. The van der Waals surface area contributed by atoms with Gasteiger partial charge in [-0.1, -0.05) is 152 Å². The first kappa shape index (κ1) is 32.5. The lowest BCUT2D eigenvalue weighted by Crippen LogP contribution is -2.65. The highest BCUT2D eigenvalue weighted by Crippen LogP contribution is 2.32. The monoisotopic (exact) mass is 628 g/mol. The highest BCUT2D eigenvalue weighted by Gasteiger charge is 2.54. The number of benzene rings is 5. The molecule has 1 saturated carbocycles. The molecular formula is C41H40O6. The van der Waals surface area contributed by atoms with Crippen molar-refractivity contribution in [3.63, 3.8) is 0 Å². The van der Waals surface area contributed by atoms with Crippen LogP contribution >= 0.6 is 0 Å². The molecule has 0 saturated heterocycles. The number of carbonyl (C=O) groups is 1. The molecule has 4 atom stereocenters. The summed E-state index contributed by atoms with van der Waals surface area (Å²) in [6, 6.07) is 49.4. The minimum absolute atomic E-state index is 0.229. The zero-order valence-corrected chi connectivity index (χ0v) is 26.3. The number of ketones is 1. The van der Waals surface area contributed by atoms with E-state index in [1.54, 1.807) is 0 Å². The van der Waals surface area contributed by atoms with Crippen LogP contribution in [0.4, 0.5) is 0 Å². The van der Waals surface area contributed by atoms with E-state index in [9.17, 15) is 4.79 Å². The van der Waals surface area contributed by atoms with Gasteiger partial charge in [0.15, 0.2) is 5.78 Å². The van der Waals surface area contributed by atoms with Gasteiger partial charge in [-0.2, -0.15) is 0 Å². The largest absolute Gasteiger partial charge is 0.368 e. The van der Waals surface area contributed by atoms with Gasteiger partial charge in [0.2, 0.25) is 0 Å². The molecule has 0 radical (unpaired) electrons. The molecule has 1 fully saturated rings. The summed E-state index contributed by atoms with van der Waals surface area (Å²) >= 11 is 0. The Morgan fingerprint density at radius 3 is 0.830 bits per heavy atom. The van der Waals surface area contributed by atoms with E-state index in [2.05, 4.69) is 0 Å². The van der Waals surface area contributed by atoms with Crippen molar-refractivity contribution in [2.75, 3.05) is 0 Å². The predicted molar refractivity (Wildman–Crippen MR) is 180 cm³/mol. The van der Waals surface area contributed by atoms with Crippen molar-refractivity contribution in [1.29, 1.82) is 0 Å². The molecule has 0 heterocycles. The zero-order valence-electron chi connectivity index (χ0n) is 26.3. The lowest BCUT2D eigenvalue weighted by Gasteiger charge is -2.44. The quantitative estimate of drug-likeness (QED) is 0.120. The second-order valence-corrected chi connectivity index (χ2v) is 11.6. The first-order valence-electron chi connectivity index (χ1n) is 16.1. The van der Waals surface area contributed by atoms with Crippen LogP contribution in [0, 0.1) is 0 Å². The Labute approximate surface area is 276 Å². The lowest BCUT2D eigenvalue weighted by atomic mass is 9.85. The van der Waals surface area contributed by atoms with E-state index < -0.39 is 30.5 Å². The van der Waals surface area contributed by atoms with Crippen molar-refractivity contribution in [2.45, 2.75) is 63.6 Å². The Morgan fingerprint density at radius 2 is 0.553 bits per heavy atom.